The van der Waals surface area contributed by atoms with Crippen molar-refractivity contribution in [1.29, 1.82) is 0 Å². The van der Waals surface area contributed by atoms with Crippen molar-refractivity contribution >= 4 is 33.5 Å². The third-order valence-corrected chi connectivity index (χ3v) is 5.17. The standard InChI is InChI=1S/C22H19N7O2/c23-18-14-9-12(21(30)25-8-7-13-10-24-11-26-13)5-6-15(14)27-19(18)20-22(31)29-17-4-2-1-3-16(17)28-20/h1-6,9-11,27H,7-8,23H2,(H,24,26)(H,25,30)(H,29,31). The van der Waals surface area contributed by atoms with Gasteiger partial charge in [-0.25, -0.2) is 9.97 Å². The molecule has 5 aromatic rings. The van der Waals surface area contributed by atoms with Crippen LogP contribution in [0.25, 0.3) is 33.3 Å². The molecule has 0 saturated carbocycles. The zero-order chi connectivity index (χ0) is 21.4. The molecule has 0 bridgehead atoms. The largest absolute Gasteiger partial charge is 0.396 e. The molecule has 0 saturated heterocycles. The molecule has 0 radical (unpaired) electrons. The van der Waals surface area contributed by atoms with E-state index in [1.165, 1.54) is 0 Å². The van der Waals surface area contributed by atoms with Gasteiger partial charge in [-0.3, -0.25) is 9.59 Å². The summed E-state index contributed by atoms with van der Waals surface area (Å²) in [5.74, 6) is -0.203. The van der Waals surface area contributed by atoms with Crippen molar-refractivity contribution in [3.05, 3.63) is 76.6 Å². The molecule has 6 N–H and O–H groups in total. The molecule has 0 atom stereocenters. The Labute approximate surface area is 175 Å². The first-order valence-corrected chi connectivity index (χ1v) is 9.76. The fraction of sp³-hybridized carbons (Fsp3) is 0.0909. The van der Waals surface area contributed by atoms with Crippen LogP contribution in [0.5, 0.6) is 0 Å². The number of rotatable bonds is 5. The van der Waals surface area contributed by atoms with Crippen LogP contribution >= 0.6 is 0 Å². The fourth-order valence-corrected chi connectivity index (χ4v) is 3.57. The number of nitrogens with two attached hydrogens (primary N) is 1. The topological polar surface area (TPSA) is 145 Å². The van der Waals surface area contributed by atoms with Gasteiger partial charge >= 0.3 is 0 Å². The van der Waals surface area contributed by atoms with Crippen molar-refractivity contribution in [1.82, 2.24) is 30.2 Å². The van der Waals surface area contributed by atoms with Crippen molar-refractivity contribution in [2.75, 3.05) is 12.3 Å². The zero-order valence-electron chi connectivity index (χ0n) is 16.4. The average Bonchev–Trinajstić information content (AvgIpc) is 3.41. The van der Waals surface area contributed by atoms with Crippen LogP contribution in [0.2, 0.25) is 0 Å². The Balaban J connectivity index is 1.46. The second-order valence-corrected chi connectivity index (χ2v) is 7.19. The van der Waals surface area contributed by atoms with Gasteiger partial charge in [-0.15, -0.1) is 0 Å². The number of aromatic amines is 3. The molecular weight excluding hydrogens is 394 g/mol. The number of fused-ring (bicyclic) bond motifs is 2. The third-order valence-electron chi connectivity index (χ3n) is 5.17. The van der Waals surface area contributed by atoms with E-state index in [4.69, 9.17) is 5.73 Å². The van der Waals surface area contributed by atoms with Crippen molar-refractivity contribution in [3.8, 4) is 11.4 Å². The first-order valence-electron chi connectivity index (χ1n) is 9.76. The van der Waals surface area contributed by atoms with Crippen LogP contribution in [0, 0.1) is 0 Å². The van der Waals surface area contributed by atoms with E-state index < -0.39 is 0 Å². The van der Waals surface area contributed by atoms with Crippen LogP contribution in [-0.2, 0) is 6.42 Å². The predicted octanol–water partition coefficient (Wildman–Crippen LogP) is 2.35. The van der Waals surface area contributed by atoms with E-state index >= 15 is 0 Å². The number of benzene rings is 2. The van der Waals surface area contributed by atoms with Gasteiger partial charge in [0.15, 0.2) is 5.69 Å². The summed E-state index contributed by atoms with van der Waals surface area (Å²) in [6.45, 7) is 0.476. The highest BCUT2D eigenvalue weighted by Crippen LogP contribution is 2.31. The van der Waals surface area contributed by atoms with Gasteiger partial charge in [0.25, 0.3) is 11.5 Å². The molecule has 31 heavy (non-hydrogen) atoms. The zero-order valence-corrected chi connectivity index (χ0v) is 16.4. The van der Waals surface area contributed by atoms with Crippen LogP contribution in [0.3, 0.4) is 0 Å². The molecule has 2 aromatic carbocycles. The number of imidazole rings is 1. The van der Waals surface area contributed by atoms with E-state index in [0.717, 1.165) is 11.2 Å². The smallest absolute Gasteiger partial charge is 0.276 e. The van der Waals surface area contributed by atoms with E-state index in [0.29, 0.717) is 46.3 Å². The van der Waals surface area contributed by atoms with E-state index in [9.17, 15) is 9.59 Å². The number of nitrogens with zero attached hydrogens (tertiary/aromatic N) is 2. The molecule has 0 aliphatic heterocycles. The molecule has 9 heteroatoms. The van der Waals surface area contributed by atoms with Crippen molar-refractivity contribution < 1.29 is 4.79 Å². The molecule has 0 aliphatic carbocycles. The van der Waals surface area contributed by atoms with Crippen LogP contribution in [0.4, 0.5) is 5.69 Å². The highest BCUT2D eigenvalue weighted by molar-refractivity contribution is 6.04. The summed E-state index contributed by atoms with van der Waals surface area (Å²) < 4.78 is 0. The minimum Gasteiger partial charge on any atom is -0.396 e. The van der Waals surface area contributed by atoms with Gasteiger partial charge in [0.1, 0.15) is 0 Å². The average molecular weight is 413 g/mol. The Kier molecular flexibility index (Phi) is 4.47. The molecule has 3 aromatic heterocycles. The second kappa shape index (κ2) is 7.45. The summed E-state index contributed by atoms with van der Waals surface area (Å²) in [4.78, 5) is 42.6. The molecule has 0 fully saturated rings. The maximum atomic E-state index is 12.6. The van der Waals surface area contributed by atoms with Crippen LogP contribution in [-0.4, -0.2) is 37.4 Å². The minimum atomic E-state index is -0.339. The summed E-state index contributed by atoms with van der Waals surface area (Å²) in [5.41, 5.74) is 10.5. The normalized spacial score (nSPS) is 11.2. The summed E-state index contributed by atoms with van der Waals surface area (Å²) >= 11 is 0. The minimum absolute atomic E-state index is 0.203. The first-order chi connectivity index (χ1) is 15.1. The van der Waals surface area contributed by atoms with Gasteiger partial charge in [-0.05, 0) is 30.3 Å². The van der Waals surface area contributed by atoms with Crippen LogP contribution < -0.4 is 16.6 Å². The van der Waals surface area contributed by atoms with Gasteiger partial charge in [0.05, 0.1) is 28.7 Å². The van der Waals surface area contributed by atoms with Gasteiger partial charge in [-0.2, -0.15) is 0 Å². The van der Waals surface area contributed by atoms with E-state index in [1.54, 1.807) is 36.8 Å². The van der Waals surface area contributed by atoms with E-state index in [-0.39, 0.29) is 17.2 Å². The number of hydrogen-bond donors (Lipinski definition) is 5. The molecule has 9 nitrogen and oxygen atoms in total. The van der Waals surface area contributed by atoms with Crippen LogP contribution in [0.1, 0.15) is 16.1 Å². The Morgan fingerprint density at radius 3 is 2.81 bits per heavy atom. The Morgan fingerprint density at radius 1 is 1.10 bits per heavy atom. The van der Waals surface area contributed by atoms with Crippen molar-refractivity contribution in [3.63, 3.8) is 0 Å². The number of anilines is 1. The maximum Gasteiger partial charge on any atom is 0.276 e. The lowest BCUT2D eigenvalue weighted by Crippen LogP contribution is -2.25. The number of hydrogen-bond acceptors (Lipinski definition) is 5. The molecular formula is C22H19N7O2. The fourth-order valence-electron chi connectivity index (χ4n) is 3.57. The number of para-hydroxylation sites is 2. The Bertz CT molecular complexity index is 1460. The summed E-state index contributed by atoms with van der Waals surface area (Å²) in [6.07, 6.45) is 3.98. The molecule has 154 valence electrons. The van der Waals surface area contributed by atoms with Crippen molar-refractivity contribution in [2.24, 2.45) is 0 Å². The van der Waals surface area contributed by atoms with Gasteiger partial charge in [-0.1, -0.05) is 12.1 Å². The Morgan fingerprint density at radius 2 is 1.97 bits per heavy atom. The summed E-state index contributed by atoms with van der Waals surface area (Å²) in [5, 5.41) is 3.54. The van der Waals surface area contributed by atoms with Gasteiger partial charge in [0, 0.05) is 41.3 Å². The lowest BCUT2D eigenvalue weighted by molar-refractivity contribution is 0.0954. The first kappa shape index (κ1) is 18.6. The number of aromatic nitrogens is 5. The summed E-state index contributed by atoms with van der Waals surface area (Å²) in [6, 6.07) is 12.5. The molecule has 1 amide bonds. The monoisotopic (exact) mass is 413 g/mol. The molecule has 0 aliphatic rings. The van der Waals surface area contributed by atoms with Gasteiger partial charge in [0.2, 0.25) is 0 Å². The molecule has 0 unspecified atom stereocenters. The predicted molar refractivity (Wildman–Crippen MR) is 119 cm³/mol. The number of nitrogens with one attached hydrogen (secondary N) is 4. The Hall–Kier alpha value is -4.40. The number of H-pyrrole nitrogens is 3. The van der Waals surface area contributed by atoms with E-state index in [1.807, 2.05) is 18.2 Å². The molecule has 0 spiro atoms. The van der Waals surface area contributed by atoms with Crippen LogP contribution in [0.15, 0.2) is 59.8 Å². The van der Waals surface area contributed by atoms with Crippen molar-refractivity contribution in [2.45, 2.75) is 6.42 Å². The number of amides is 1. The van der Waals surface area contributed by atoms with E-state index in [2.05, 4.69) is 30.2 Å². The number of nitrogen functional groups attached to an aromatic ring is 1. The highest BCUT2D eigenvalue weighted by atomic mass is 16.1. The lowest BCUT2D eigenvalue weighted by atomic mass is 10.1. The second-order valence-electron chi connectivity index (χ2n) is 7.19. The maximum absolute atomic E-state index is 12.6. The third kappa shape index (κ3) is 3.42. The highest BCUT2D eigenvalue weighted by Gasteiger charge is 2.17. The molecule has 5 rings (SSSR count). The molecule has 3 heterocycles. The SMILES string of the molecule is Nc1c(-c2nc3ccccc3[nH]c2=O)[nH]c2ccc(C(=O)NCCc3cnc[nH]3)cc12. The number of carbonyl (C=O) groups is 1. The summed E-state index contributed by atoms with van der Waals surface area (Å²) in [7, 11) is 0. The van der Waals surface area contributed by atoms with Gasteiger partial charge < -0.3 is 26.0 Å². The number of carbonyl (C=O) groups excluding carboxylic acids is 1. The quantitative estimate of drug-likeness (QED) is 0.300. The lowest BCUT2D eigenvalue weighted by Gasteiger charge is -2.05.